The number of hydrogen-bond donors (Lipinski definition) is 0. The van der Waals surface area contributed by atoms with Gasteiger partial charge in [-0.05, 0) is 37.1 Å². The third kappa shape index (κ3) is 3.83. The Bertz CT molecular complexity index is 808. The van der Waals surface area contributed by atoms with Gasteiger partial charge < -0.3 is 14.7 Å². The molecule has 1 saturated heterocycles. The van der Waals surface area contributed by atoms with Crippen LogP contribution in [-0.2, 0) is 0 Å². The van der Waals surface area contributed by atoms with Crippen molar-refractivity contribution >= 4 is 29.1 Å². The lowest BCUT2D eigenvalue weighted by molar-refractivity contribution is 0.480. The molecule has 0 aliphatic carbocycles. The van der Waals surface area contributed by atoms with E-state index >= 15 is 0 Å². The van der Waals surface area contributed by atoms with Crippen molar-refractivity contribution in [2.75, 3.05) is 48.9 Å². The van der Waals surface area contributed by atoms with Gasteiger partial charge in [0.2, 0.25) is 5.95 Å². The first-order valence-corrected chi connectivity index (χ1v) is 9.05. The van der Waals surface area contributed by atoms with E-state index in [2.05, 4.69) is 32.9 Å². The Balaban J connectivity index is 1.67. The second kappa shape index (κ2) is 7.79. The number of halogens is 1. The van der Waals surface area contributed by atoms with Gasteiger partial charge in [-0.25, -0.2) is 4.98 Å². The standard InChI is InChI=1S/C19H23ClN6/c1-24(2)19-22-9-6-18(23-19)25(3)15-7-10-26(11-8-15)17-5-4-14(13-21)12-16(17)20/h4-6,9,12,15H,7-8,10-11H2,1-3H3. The van der Waals surface area contributed by atoms with Gasteiger partial charge in [0, 0.05) is 46.5 Å². The molecule has 0 bridgehead atoms. The van der Waals surface area contributed by atoms with Gasteiger partial charge in [0.05, 0.1) is 22.3 Å². The van der Waals surface area contributed by atoms with Gasteiger partial charge in [-0.15, -0.1) is 0 Å². The van der Waals surface area contributed by atoms with Gasteiger partial charge in [0.1, 0.15) is 5.82 Å². The zero-order valence-corrected chi connectivity index (χ0v) is 16.1. The van der Waals surface area contributed by atoms with Crippen LogP contribution in [0.2, 0.25) is 5.02 Å². The predicted molar refractivity (Wildman–Crippen MR) is 106 cm³/mol. The summed E-state index contributed by atoms with van der Waals surface area (Å²) >= 11 is 6.36. The Morgan fingerprint density at radius 3 is 2.54 bits per heavy atom. The number of benzene rings is 1. The molecule has 6 nitrogen and oxygen atoms in total. The topological polar surface area (TPSA) is 59.3 Å². The van der Waals surface area contributed by atoms with E-state index in [1.165, 1.54) is 0 Å². The lowest BCUT2D eigenvalue weighted by atomic mass is 10.0. The largest absolute Gasteiger partial charge is 0.370 e. The van der Waals surface area contributed by atoms with Crippen molar-refractivity contribution in [3.63, 3.8) is 0 Å². The molecule has 1 aliphatic rings. The van der Waals surface area contributed by atoms with Gasteiger partial charge in [0.25, 0.3) is 0 Å². The molecule has 1 aromatic carbocycles. The summed E-state index contributed by atoms with van der Waals surface area (Å²) < 4.78 is 0. The monoisotopic (exact) mass is 370 g/mol. The summed E-state index contributed by atoms with van der Waals surface area (Å²) in [6.07, 6.45) is 3.85. The molecule has 0 unspecified atom stereocenters. The van der Waals surface area contributed by atoms with Crippen molar-refractivity contribution in [3.8, 4) is 6.07 Å². The van der Waals surface area contributed by atoms with Crippen molar-refractivity contribution in [3.05, 3.63) is 41.0 Å². The molecule has 0 atom stereocenters. The minimum absolute atomic E-state index is 0.424. The van der Waals surface area contributed by atoms with Crippen LogP contribution in [-0.4, -0.2) is 50.2 Å². The quantitative estimate of drug-likeness (QED) is 0.823. The maximum atomic E-state index is 8.98. The summed E-state index contributed by atoms with van der Waals surface area (Å²) in [5.41, 5.74) is 1.59. The van der Waals surface area contributed by atoms with Gasteiger partial charge in [-0.1, -0.05) is 11.6 Å². The smallest absolute Gasteiger partial charge is 0.226 e. The normalized spacial score (nSPS) is 14.8. The summed E-state index contributed by atoms with van der Waals surface area (Å²) in [7, 11) is 5.98. The molecule has 2 aromatic rings. The number of nitriles is 1. The molecule has 0 amide bonds. The van der Waals surface area contributed by atoms with Crippen molar-refractivity contribution < 1.29 is 0 Å². The van der Waals surface area contributed by atoms with E-state index in [0.717, 1.165) is 43.4 Å². The molecule has 26 heavy (non-hydrogen) atoms. The van der Waals surface area contributed by atoms with Crippen LogP contribution in [0.15, 0.2) is 30.5 Å². The molecular weight excluding hydrogens is 348 g/mol. The lowest BCUT2D eigenvalue weighted by Gasteiger charge is -2.38. The molecule has 1 aliphatic heterocycles. The molecule has 0 N–H and O–H groups in total. The fraction of sp³-hybridized carbons (Fsp3) is 0.421. The molecule has 1 fully saturated rings. The van der Waals surface area contributed by atoms with E-state index < -0.39 is 0 Å². The predicted octanol–water partition coefficient (Wildman–Crippen LogP) is 3.17. The Labute approximate surface area is 159 Å². The molecule has 1 aromatic heterocycles. The first-order valence-electron chi connectivity index (χ1n) is 8.67. The van der Waals surface area contributed by atoms with E-state index in [4.69, 9.17) is 16.9 Å². The number of anilines is 3. The number of aromatic nitrogens is 2. The zero-order chi connectivity index (χ0) is 18.7. The molecule has 0 saturated carbocycles. The highest BCUT2D eigenvalue weighted by atomic mass is 35.5. The maximum Gasteiger partial charge on any atom is 0.226 e. The Kier molecular flexibility index (Phi) is 5.48. The Morgan fingerprint density at radius 1 is 1.19 bits per heavy atom. The summed E-state index contributed by atoms with van der Waals surface area (Å²) in [5.74, 6) is 1.66. The number of rotatable bonds is 4. The van der Waals surface area contributed by atoms with E-state index in [-0.39, 0.29) is 0 Å². The average molecular weight is 371 g/mol. The molecule has 3 rings (SSSR count). The molecular formula is C19H23ClN6. The Morgan fingerprint density at radius 2 is 1.92 bits per heavy atom. The maximum absolute atomic E-state index is 8.98. The van der Waals surface area contributed by atoms with Gasteiger partial charge in [0.15, 0.2) is 0 Å². The van der Waals surface area contributed by atoms with E-state index in [9.17, 15) is 0 Å². The molecule has 0 radical (unpaired) electrons. The van der Waals surface area contributed by atoms with Crippen molar-refractivity contribution in [1.29, 1.82) is 5.26 Å². The van der Waals surface area contributed by atoms with Gasteiger partial charge in [-0.3, -0.25) is 0 Å². The average Bonchev–Trinajstić information content (AvgIpc) is 2.67. The first-order chi connectivity index (χ1) is 12.5. The lowest BCUT2D eigenvalue weighted by Crippen LogP contribution is -2.44. The van der Waals surface area contributed by atoms with Crippen LogP contribution in [0.4, 0.5) is 17.5 Å². The third-order valence-corrected chi connectivity index (χ3v) is 5.12. The number of nitrogens with zero attached hydrogens (tertiary/aromatic N) is 6. The number of hydrogen-bond acceptors (Lipinski definition) is 6. The molecule has 7 heteroatoms. The van der Waals surface area contributed by atoms with Crippen LogP contribution < -0.4 is 14.7 Å². The first kappa shape index (κ1) is 18.3. The van der Waals surface area contributed by atoms with Crippen LogP contribution in [0.25, 0.3) is 0 Å². The van der Waals surface area contributed by atoms with Crippen LogP contribution in [0.3, 0.4) is 0 Å². The van der Waals surface area contributed by atoms with Crippen LogP contribution in [0.5, 0.6) is 0 Å². The zero-order valence-electron chi connectivity index (χ0n) is 15.4. The van der Waals surface area contributed by atoms with Gasteiger partial charge in [-0.2, -0.15) is 10.2 Å². The number of piperidine rings is 1. The van der Waals surface area contributed by atoms with Crippen molar-refractivity contribution in [2.24, 2.45) is 0 Å². The van der Waals surface area contributed by atoms with E-state index in [0.29, 0.717) is 16.6 Å². The van der Waals surface area contributed by atoms with Crippen molar-refractivity contribution in [1.82, 2.24) is 9.97 Å². The fourth-order valence-electron chi connectivity index (χ4n) is 3.27. The SMILES string of the molecule is CN(C)c1nccc(N(C)C2CCN(c3ccc(C#N)cc3Cl)CC2)n1. The van der Waals surface area contributed by atoms with Crippen LogP contribution in [0.1, 0.15) is 18.4 Å². The molecule has 136 valence electrons. The highest BCUT2D eigenvalue weighted by Crippen LogP contribution is 2.30. The molecule has 0 spiro atoms. The summed E-state index contributed by atoms with van der Waals surface area (Å²) in [6.45, 7) is 1.85. The minimum Gasteiger partial charge on any atom is -0.370 e. The second-order valence-electron chi connectivity index (χ2n) is 6.72. The highest BCUT2D eigenvalue weighted by molar-refractivity contribution is 6.33. The Hall–Kier alpha value is -2.52. The summed E-state index contributed by atoms with van der Waals surface area (Å²) in [4.78, 5) is 15.4. The third-order valence-electron chi connectivity index (χ3n) is 4.82. The molecule has 2 heterocycles. The fourth-order valence-corrected chi connectivity index (χ4v) is 3.57. The van der Waals surface area contributed by atoms with E-state index in [1.807, 2.05) is 37.2 Å². The second-order valence-corrected chi connectivity index (χ2v) is 7.12. The van der Waals surface area contributed by atoms with E-state index in [1.54, 1.807) is 12.3 Å². The summed E-state index contributed by atoms with van der Waals surface area (Å²) in [5, 5.41) is 9.62. The minimum atomic E-state index is 0.424. The highest BCUT2D eigenvalue weighted by Gasteiger charge is 2.24. The van der Waals surface area contributed by atoms with Gasteiger partial charge >= 0.3 is 0 Å². The van der Waals surface area contributed by atoms with Crippen LogP contribution >= 0.6 is 11.6 Å². The van der Waals surface area contributed by atoms with Crippen molar-refractivity contribution in [2.45, 2.75) is 18.9 Å². The van der Waals surface area contributed by atoms with Crippen LogP contribution in [0, 0.1) is 11.3 Å². The summed E-state index contributed by atoms with van der Waals surface area (Å²) in [6, 6.07) is 10.0.